The van der Waals surface area contributed by atoms with E-state index in [1.165, 1.54) is 0 Å². The zero-order valence-electron chi connectivity index (χ0n) is 18.0. The molecular weight excluding hydrogens is 426 g/mol. The third-order valence-electron chi connectivity index (χ3n) is 6.18. The molecule has 0 N–H and O–H groups in total. The first-order valence-corrected chi connectivity index (χ1v) is 11.1. The summed E-state index contributed by atoms with van der Waals surface area (Å²) >= 11 is 6.62. The third kappa shape index (κ3) is 3.46. The van der Waals surface area contributed by atoms with Crippen molar-refractivity contribution in [1.82, 2.24) is 9.97 Å². The summed E-state index contributed by atoms with van der Waals surface area (Å²) in [6.07, 6.45) is 3.46. The molecule has 158 valence electrons. The molecule has 33 heavy (non-hydrogen) atoms. The summed E-state index contributed by atoms with van der Waals surface area (Å²) in [5.74, 6) is 0. The molecule has 0 amide bonds. The number of rotatable bonds is 4. The highest BCUT2D eigenvalue weighted by Crippen LogP contribution is 2.41. The Morgan fingerprint density at radius 1 is 0.788 bits per heavy atom. The first-order chi connectivity index (χ1) is 16.1. The van der Waals surface area contributed by atoms with E-state index in [0.717, 1.165) is 44.3 Å². The van der Waals surface area contributed by atoms with Gasteiger partial charge in [-0.05, 0) is 59.0 Å². The van der Waals surface area contributed by atoms with Gasteiger partial charge in [0, 0.05) is 23.3 Å². The van der Waals surface area contributed by atoms with Gasteiger partial charge in [-0.1, -0.05) is 78.3 Å². The molecule has 0 bridgehead atoms. The van der Waals surface area contributed by atoms with Crippen LogP contribution in [0.1, 0.15) is 22.3 Å². The summed E-state index contributed by atoms with van der Waals surface area (Å²) < 4.78 is 0. The number of nitriles is 1. The molecule has 0 aliphatic rings. The SMILES string of the molecule is Cc1c(-c2ccccc2)c(Cl)nc2ccc(C(C#N)(c3ccccc3)c3ccncc3)cc12. The number of halogens is 1. The lowest BCUT2D eigenvalue weighted by Gasteiger charge is -2.29. The Kier molecular flexibility index (Phi) is 5.38. The van der Waals surface area contributed by atoms with Crippen molar-refractivity contribution in [1.29, 1.82) is 5.26 Å². The molecule has 3 nitrogen and oxygen atoms in total. The molecule has 0 aliphatic carbocycles. The van der Waals surface area contributed by atoms with Gasteiger partial charge in [0.05, 0.1) is 11.6 Å². The first kappa shape index (κ1) is 20.9. The molecule has 5 rings (SSSR count). The molecule has 0 spiro atoms. The lowest BCUT2D eigenvalue weighted by atomic mass is 9.70. The van der Waals surface area contributed by atoms with Crippen molar-refractivity contribution in [3.63, 3.8) is 0 Å². The summed E-state index contributed by atoms with van der Waals surface area (Å²) in [5, 5.41) is 12.1. The van der Waals surface area contributed by atoms with Crippen molar-refractivity contribution in [2.45, 2.75) is 12.3 Å². The van der Waals surface area contributed by atoms with Crippen LogP contribution in [0.2, 0.25) is 5.15 Å². The zero-order valence-corrected chi connectivity index (χ0v) is 18.8. The Hall–Kier alpha value is -4.00. The monoisotopic (exact) mass is 445 g/mol. The van der Waals surface area contributed by atoms with E-state index in [-0.39, 0.29) is 0 Å². The molecule has 3 aromatic carbocycles. The van der Waals surface area contributed by atoms with Crippen LogP contribution in [-0.2, 0) is 5.41 Å². The molecule has 5 aromatic rings. The largest absolute Gasteiger partial charge is 0.265 e. The van der Waals surface area contributed by atoms with Crippen molar-refractivity contribution in [2.75, 3.05) is 0 Å². The highest BCUT2D eigenvalue weighted by atomic mass is 35.5. The molecule has 0 saturated heterocycles. The predicted molar refractivity (Wildman–Crippen MR) is 133 cm³/mol. The summed E-state index contributed by atoms with van der Waals surface area (Å²) in [6.45, 7) is 2.06. The molecule has 2 aromatic heterocycles. The van der Waals surface area contributed by atoms with Crippen LogP contribution in [0.15, 0.2) is 103 Å². The second kappa shape index (κ2) is 8.50. The van der Waals surface area contributed by atoms with Crippen LogP contribution in [0, 0.1) is 18.3 Å². The maximum absolute atomic E-state index is 10.6. The molecule has 2 heterocycles. The lowest BCUT2D eigenvalue weighted by molar-refractivity contribution is 0.794. The van der Waals surface area contributed by atoms with E-state index >= 15 is 0 Å². The first-order valence-electron chi connectivity index (χ1n) is 10.7. The standard InChI is InChI=1S/C29H20ClN3/c1-20-25-18-24(12-13-26(25)33-28(30)27(20)21-8-4-2-5-9-21)29(19-31,22-10-6-3-7-11-22)23-14-16-32-17-15-23/h2-18H,1H3. The minimum Gasteiger partial charge on any atom is -0.265 e. The number of fused-ring (bicyclic) bond motifs is 1. The second-order valence-electron chi connectivity index (χ2n) is 7.96. The van der Waals surface area contributed by atoms with E-state index in [1.54, 1.807) is 12.4 Å². The maximum Gasteiger partial charge on any atom is 0.137 e. The number of hydrogen-bond acceptors (Lipinski definition) is 3. The summed E-state index contributed by atoms with van der Waals surface area (Å²) in [4.78, 5) is 8.85. The second-order valence-corrected chi connectivity index (χ2v) is 8.32. The van der Waals surface area contributed by atoms with E-state index in [9.17, 15) is 5.26 Å². The van der Waals surface area contributed by atoms with Gasteiger partial charge >= 0.3 is 0 Å². The number of aryl methyl sites for hydroxylation is 1. The quantitative estimate of drug-likeness (QED) is 0.277. The van der Waals surface area contributed by atoms with Crippen LogP contribution < -0.4 is 0 Å². The van der Waals surface area contributed by atoms with Crippen molar-refractivity contribution in [3.8, 4) is 17.2 Å². The number of pyridine rings is 2. The third-order valence-corrected chi connectivity index (χ3v) is 6.46. The van der Waals surface area contributed by atoms with Gasteiger partial charge < -0.3 is 0 Å². The van der Waals surface area contributed by atoms with Crippen molar-refractivity contribution in [2.24, 2.45) is 0 Å². The Morgan fingerprint density at radius 2 is 1.42 bits per heavy atom. The van der Waals surface area contributed by atoms with Gasteiger partial charge in [-0.15, -0.1) is 0 Å². The Balaban J connectivity index is 1.82. The van der Waals surface area contributed by atoms with Crippen LogP contribution in [0.3, 0.4) is 0 Å². The average molecular weight is 446 g/mol. The fraction of sp³-hybridized carbons (Fsp3) is 0.0690. The van der Waals surface area contributed by atoms with Gasteiger partial charge in [0.1, 0.15) is 10.6 Å². The topological polar surface area (TPSA) is 49.6 Å². The van der Waals surface area contributed by atoms with Gasteiger partial charge in [0.25, 0.3) is 0 Å². The number of benzene rings is 3. The van der Waals surface area contributed by atoms with E-state index < -0.39 is 5.41 Å². The Morgan fingerprint density at radius 3 is 2.09 bits per heavy atom. The maximum atomic E-state index is 10.6. The molecule has 0 saturated carbocycles. The predicted octanol–water partition coefficient (Wildman–Crippen LogP) is 7.12. The van der Waals surface area contributed by atoms with Crippen LogP contribution in [0.25, 0.3) is 22.0 Å². The average Bonchev–Trinajstić information content (AvgIpc) is 2.87. The van der Waals surface area contributed by atoms with Gasteiger partial charge in [0.2, 0.25) is 0 Å². The van der Waals surface area contributed by atoms with Gasteiger partial charge in [0.15, 0.2) is 0 Å². The van der Waals surface area contributed by atoms with E-state index in [4.69, 9.17) is 11.6 Å². The number of aromatic nitrogens is 2. The number of hydrogen-bond donors (Lipinski definition) is 0. The Labute approximate surface area is 198 Å². The normalized spacial score (nSPS) is 12.8. The van der Waals surface area contributed by atoms with E-state index in [0.29, 0.717) is 5.15 Å². The fourth-order valence-corrected chi connectivity index (χ4v) is 4.88. The van der Waals surface area contributed by atoms with Crippen LogP contribution in [0.5, 0.6) is 0 Å². The molecule has 4 heteroatoms. The van der Waals surface area contributed by atoms with Gasteiger partial charge in [-0.25, -0.2) is 4.98 Å². The minimum atomic E-state index is -0.989. The van der Waals surface area contributed by atoms with Crippen LogP contribution in [-0.4, -0.2) is 9.97 Å². The van der Waals surface area contributed by atoms with Crippen molar-refractivity contribution < 1.29 is 0 Å². The smallest absolute Gasteiger partial charge is 0.137 e. The lowest BCUT2D eigenvalue weighted by Crippen LogP contribution is -2.27. The highest BCUT2D eigenvalue weighted by molar-refractivity contribution is 6.33. The van der Waals surface area contributed by atoms with Crippen molar-refractivity contribution >= 4 is 22.5 Å². The molecular formula is C29H20ClN3. The van der Waals surface area contributed by atoms with Crippen LogP contribution in [0.4, 0.5) is 0 Å². The number of nitrogens with zero attached hydrogens (tertiary/aromatic N) is 3. The Bertz CT molecular complexity index is 1430. The fourth-order valence-electron chi connectivity index (χ4n) is 4.54. The zero-order chi connectivity index (χ0) is 22.8. The minimum absolute atomic E-state index is 0.475. The molecule has 0 radical (unpaired) electrons. The molecule has 1 unspecified atom stereocenters. The van der Waals surface area contributed by atoms with Crippen LogP contribution >= 0.6 is 11.6 Å². The van der Waals surface area contributed by atoms with Gasteiger partial charge in [-0.2, -0.15) is 5.26 Å². The van der Waals surface area contributed by atoms with Crippen molar-refractivity contribution in [3.05, 3.63) is 131 Å². The summed E-state index contributed by atoms with van der Waals surface area (Å²) in [7, 11) is 0. The van der Waals surface area contributed by atoms with E-state index in [2.05, 4.69) is 29.0 Å². The molecule has 0 fully saturated rings. The summed E-state index contributed by atoms with van der Waals surface area (Å²) in [5.41, 5.74) is 5.42. The van der Waals surface area contributed by atoms with Gasteiger partial charge in [-0.3, -0.25) is 4.98 Å². The summed E-state index contributed by atoms with van der Waals surface area (Å²) in [6, 6.07) is 32.4. The molecule has 0 aliphatic heterocycles. The highest BCUT2D eigenvalue weighted by Gasteiger charge is 2.37. The molecule has 1 atom stereocenters. The van der Waals surface area contributed by atoms with E-state index in [1.807, 2.05) is 84.9 Å².